The highest BCUT2D eigenvalue weighted by Crippen LogP contribution is 2.35. The number of hydrogen-bond donors (Lipinski definition) is 0. The Morgan fingerprint density at radius 1 is 1.40 bits per heavy atom. The van der Waals surface area contributed by atoms with Crippen LogP contribution >= 0.6 is 11.6 Å². The van der Waals surface area contributed by atoms with E-state index in [1.807, 2.05) is 6.07 Å². The van der Waals surface area contributed by atoms with Crippen molar-refractivity contribution in [2.24, 2.45) is 11.8 Å². The average molecular weight is 294 g/mol. The molecule has 1 unspecified atom stereocenters. The fraction of sp³-hybridized carbons (Fsp3) is 0.500. The molecule has 1 aromatic rings. The van der Waals surface area contributed by atoms with E-state index in [0.717, 1.165) is 25.7 Å². The van der Waals surface area contributed by atoms with E-state index >= 15 is 0 Å². The van der Waals surface area contributed by atoms with Crippen molar-refractivity contribution in [3.63, 3.8) is 0 Å². The van der Waals surface area contributed by atoms with Crippen LogP contribution in [-0.2, 0) is 4.79 Å². The lowest BCUT2D eigenvalue weighted by molar-refractivity contribution is -0.124. The van der Waals surface area contributed by atoms with Crippen LogP contribution in [0.2, 0.25) is 5.02 Å². The number of ketones is 1. The summed E-state index contributed by atoms with van der Waals surface area (Å²) in [4.78, 5) is 12.5. The SMILES string of the molecule is CC1CCC(C(=O)C(C#N)c2c(F)cccc2Cl)CC1. The first-order valence-electron chi connectivity index (χ1n) is 6.91. The normalized spacial score (nSPS) is 23.9. The number of rotatable bonds is 3. The third kappa shape index (κ3) is 3.02. The summed E-state index contributed by atoms with van der Waals surface area (Å²) in [6, 6.07) is 6.16. The molecule has 4 heteroatoms. The molecule has 20 heavy (non-hydrogen) atoms. The Bertz CT molecular complexity index is 524. The predicted molar refractivity (Wildman–Crippen MR) is 75.9 cm³/mol. The van der Waals surface area contributed by atoms with Crippen molar-refractivity contribution in [1.82, 2.24) is 0 Å². The number of carbonyl (C=O) groups excluding carboxylic acids is 1. The fourth-order valence-corrected chi connectivity index (χ4v) is 3.11. The average Bonchev–Trinajstić information content (AvgIpc) is 2.43. The highest BCUT2D eigenvalue weighted by molar-refractivity contribution is 6.31. The molecule has 0 N–H and O–H groups in total. The summed E-state index contributed by atoms with van der Waals surface area (Å²) in [7, 11) is 0. The minimum Gasteiger partial charge on any atom is -0.298 e. The number of Topliss-reactive ketones (excluding diaryl/α,β-unsaturated/α-hetero) is 1. The number of benzene rings is 1. The molecule has 106 valence electrons. The minimum absolute atomic E-state index is 0.0280. The van der Waals surface area contributed by atoms with Crippen LogP contribution in [0.25, 0.3) is 0 Å². The lowest BCUT2D eigenvalue weighted by atomic mass is 9.76. The summed E-state index contributed by atoms with van der Waals surface area (Å²) in [6.45, 7) is 2.16. The van der Waals surface area contributed by atoms with Crippen molar-refractivity contribution < 1.29 is 9.18 Å². The zero-order valence-electron chi connectivity index (χ0n) is 11.4. The molecule has 1 aromatic carbocycles. The number of nitriles is 1. The van der Waals surface area contributed by atoms with E-state index in [1.54, 1.807) is 0 Å². The second-order valence-electron chi connectivity index (χ2n) is 5.56. The third-order valence-corrected chi connectivity index (χ3v) is 4.45. The van der Waals surface area contributed by atoms with Crippen molar-refractivity contribution >= 4 is 17.4 Å². The number of halogens is 2. The van der Waals surface area contributed by atoms with Crippen molar-refractivity contribution in [2.45, 2.75) is 38.5 Å². The maximum absolute atomic E-state index is 13.9. The second-order valence-corrected chi connectivity index (χ2v) is 5.96. The molecule has 2 nitrogen and oxygen atoms in total. The van der Waals surface area contributed by atoms with E-state index in [9.17, 15) is 14.4 Å². The minimum atomic E-state index is -1.10. The van der Waals surface area contributed by atoms with Gasteiger partial charge in [0.1, 0.15) is 11.7 Å². The van der Waals surface area contributed by atoms with E-state index < -0.39 is 11.7 Å². The van der Waals surface area contributed by atoms with Crippen LogP contribution in [0.1, 0.15) is 44.1 Å². The molecule has 0 aliphatic heterocycles. The van der Waals surface area contributed by atoms with Crippen LogP contribution < -0.4 is 0 Å². The van der Waals surface area contributed by atoms with E-state index in [0.29, 0.717) is 5.92 Å². The Kier molecular flexibility index (Phi) is 4.77. The molecule has 0 saturated heterocycles. The van der Waals surface area contributed by atoms with Gasteiger partial charge in [-0.3, -0.25) is 4.79 Å². The fourth-order valence-electron chi connectivity index (χ4n) is 2.84. The predicted octanol–water partition coefficient (Wildman–Crippen LogP) is 4.48. The molecule has 0 aromatic heterocycles. The van der Waals surface area contributed by atoms with E-state index in [4.69, 9.17) is 11.6 Å². The Morgan fingerprint density at radius 3 is 2.60 bits per heavy atom. The van der Waals surface area contributed by atoms with Gasteiger partial charge in [0.25, 0.3) is 0 Å². The molecule has 0 heterocycles. The van der Waals surface area contributed by atoms with Crippen LogP contribution in [-0.4, -0.2) is 5.78 Å². The van der Waals surface area contributed by atoms with Gasteiger partial charge >= 0.3 is 0 Å². The van der Waals surface area contributed by atoms with Crippen LogP contribution in [0.3, 0.4) is 0 Å². The topological polar surface area (TPSA) is 40.9 Å². The molecule has 1 saturated carbocycles. The van der Waals surface area contributed by atoms with Gasteiger partial charge in [-0.1, -0.05) is 37.4 Å². The molecule has 1 aliphatic carbocycles. The van der Waals surface area contributed by atoms with Gasteiger partial charge < -0.3 is 0 Å². The summed E-state index contributed by atoms with van der Waals surface area (Å²) in [5, 5.41) is 9.43. The van der Waals surface area contributed by atoms with Gasteiger partial charge in [-0.2, -0.15) is 5.26 Å². The first kappa shape index (κ1) is 15.0. The largest absolute Gasteiger partial charge is 0.298 e. The zero-order chi connectivity index (χ0) is 14.7. The van der Waals surface area contributed by atoms with Crippen molar-refractivity contribution in [3.05, 3.63) is 34.6 Å². The molecule has 0 radical (unpaired) electrons. The van der Waals surface area contributed by atoms with Crippen molar-refractivity contribution in [3.8, 4) is 6.07 Å². The molecule has 0 amide bonds. The molecule has 1 aliphatic rings. The third-order valence-electron chi connectivity index (χ3n) is 4.12. The molecule has 1 atom stereocenters. The smallest absolute Gasteiger partial charge is 0.157 e. The van der Waals surface area contributed by atoms with Gasteiger partial charge in [0.2, 0.25) is 0 Å². The summed E-state index contributed by atoms with van der Waals surface area (Å²) >= 11 is 5.97. The molecule has 0 spiro atoms. The van der Waals surface area contributed by atoms with Crippen molar-refractivity contribution in [1.29, 1.82) is 5.26 Å². The monoisotopic (exact) mass is 293 g/mol. The van der Waals surface area contributed by atoms with Gasteiger partial charge in [0.05, 0.1) is 6.07 Å². The Labute approximate surface area is 123 Å². The summed E-state index contributed by atoms with van der Waals surface area (Å²) in [6.07, 6.45) is 3.54. The van der Waals surface area contributed by atoms with Crippen LogP contribution in [0.4, 0.5) is 4.39 Å². The molecular weight excluding hydrogens is 277 g/mol. The lowest BCUT2D eigenvalue weighted by Gasteiger charge is -2.26. The van der Waals surface area contributed by atoms with Crippen LogP contribution in [0, 0.1) is 29.0 Å². The summed E-state index contributed by atoms with van der Waals surface area (Å²) in [5.74, 6) is -1.39. The Hall–Kier alpha value is -1.40. The lowest BCUT2D eigenvalue weighted by Crippen LogP contribution is -2.26. The number of carbonyl (C=O) groups is 1. The van der Waals surface area contributed by atoms with Gasteiger partial charge in [-0.25, -0.2) is 4.39 Å². The first-order valence-corrected chi connectivity index (χ1v) is 7.29. The Balaban J connectivity index is 2.25. The van der Waals surface area contributed by atoms with Gasteiger partial charge in [0, 0.05) is 16.5 Å². The highest BCUT2D eigenvalue weighted by atomic mass is 35.5. The van der Waals surface area contributed by atoms with E-state index in [2.05, 4.69) is 6.92 Å². The number of nitrogens with zero attached hydrogens (tertiary/aromatic N) is 1. The van der Waals surface area contributed by atoms with E-state index in [1.165, 1.54) is 18.2 Å². The first-order chi connectivity index (χ1) is 9.54. The molecule has 2 rings (SSSR count). The van der Waals surface area contributed by atoms with Gasteiger partial charge in [0.15, 0.2) is 5.78 Å². The molecular formula is C16H17ClFNO. The van der Waals surface area contributed by atoms with Crippen molar-refractivity contribution in [2.75, 3.05) is 0 Å². The van der Waals surface area contributed by atoms with Crippen LogP contribution in [0.15, 0.2) is 18.2 Å². The van der Waals surface area contributed by atoms with Gasteiger partial charge in [-0.15, -0.1) is 0 Å². The molecule has 0 bridgehead atoms. The second kappa shape index (κ2) is 6.37. The summed E-state index contributed by atoms with van der Waals surface area (Å²) < 4.78 is 13.9. The van der Waals surface area contributed by atoms with E-state index in [-0.39, 0.29) is 22.3 Å². The zero-order valence-corrected chi connectivity index (χ0v) is 12.2. The number of hydrogen-bond acceptors (Lipinski definition) is 2. The maximum atomic E-state index is 13.9. The van der Waals surface area contributed by atoms with Crippen LogP contribution in [0.5, 0.6) is 0 Å². The maximum Gasteiger partial charge on any atom is 0.157 e. The molecule has 1 fully saturated rings. The quantitative estimate of drug-likeness (QED) is 0.824. The van der Waals surface area contributed by atoms with Gasteiger partial charge in [-0.05, 0) is 30.9 Å². The highest BCUT2D eigenvalue weighted by Gasteiger charge is 2.33. The standard InChI is InChI=1S/C16H17ClFNO/c1-10-5-7-11(8-6-10)16(20)12(9-19)15-13(17)3-2-4-14(15)18/h2-4,10-12H,5-8H2,1H3. The Morgan fingerprint density at radius 2 is 2.05 bits per heavy atom. The summed E-state index contributed by atoms with van der Waals surface area (Å²) in [5.41, 5.74) is 0.0280.